The number of amides is 1. The van der Waals surface area contributed by atoms with Crippen molar-refractivity contribution in [3.8, 4) is 0 Å². The van der Waals surface area contributed by atoms with Crippen LogP contribution in [0.5, 0.6) is 0 Å². The minimum Gasteiger partial charge on any atom is -0.379 e. The van der Waals surface area contributed by atoms with Crippen molar-refractivity contribution in [3.05, 3.63) is 52.2 Å². The fraction of sp³-hybridized carbons (Fsp3) is 0.522. The molecule has 3 heterocycles. The van der Waals surface area contributed by atoms with E-state index in [0.717, 1.165) is 71.1 Å². The molecule has 4 rings (SSSR count). The van der Waals surface area contributed by atoms with Crippen molar-refractivity contribution < 1.29 is 14.3 Å². The number of benzene rings is 1. The van der Waals surface area contributed by atoms with Crippen molar-refractivity contribution in [2.24, 2.45) is 0 Å². The van der Waals surface area contributed by atoms with E-state index < -0.39 is 0 Å². The quantitative estimate of drug-likeness (QED) is 0.663. The number of ether oxygens (including phenoxy) is 2. The molecule has 2 saturated heterocycles. The fourth-order valence-electron chi connectivity index (χ4n) is 4.00. The van der Waals surface area contributed by atoms with Crippen LogP contribution in [0.1, 0.15) is 23.3 Å². The third-order valence-corrected chi connectivity index (χ3v) is 6.42. The van der Waals surface area contributed by atoms with Gasteiger partial charge in [0, 0.05) is 49.9 Å². The van der Waals surface area contributed by atoms with Gasteiger partial charge in [0.15, 0.2) is 0 Å². The Labute approximate surface area is 182 Å². The predicted octanol–water partition coefficient (Wildman–Crippen LogP) is 3.20. The third-order valence-electron chi connectivity index (χ3n) is 5.56. The number of thiophene rings is 1. The molecule has 1 aromatic heterocycles. The maximum absolute atomic E-state index is 12.7. The summed E-state index contributed by atoms with van der Waals surface area (Å²) in [6.45, 7) is 7.27. The summed E-state index contributed by atoms with van der Waals surface area (Å²) in [5.74, 6) is 0.0190. The predicted molar refractivity (Wildman–Crippen MR) is 120 cm³/mol. The van der Waals surface area contributed by atoms with E-state index in [1.165, 1.54) is 10.4 Å². The lowest BCUT2D eigenvalue weighted by atomic mass is 10.2. The minimum absolute atomic E-state index is 0.0190. The van der Waals surface area contributed by atoms with Crippen LogP contribution in [-0.4, -0.2) is 67.8 Å². The van der Waals surface area contributed by atoms with E-state index in [2.05, 4.69) is 44.8 Å². The second-order valence-electron chi connectivity index (χ2n) is 8.02. The molecule has 2 fully saturated rings. The Morgan fingerprint density at radius 3 is 2.70 bits per heavy atom. The fourth-order valence-corrected chi connectivity index (χ4v) is 4.74. The zero-order chi connectivity index (χ0) is 20.6. The standard InChI is InChI=1S/C23H31N3O3S/c27-23(18-26(16-21-3-1-11-29-21)17-22-4-2-14-30-22)24-20-7-5-19(6-8-20)15-25-9-12-28-13-10-25/h2,4-8,14,21H,1,3,9-13,15-18H2,(H,24,27). The van der Waals surface area contributed by atoms with Crippen LogP contribution in [0.2, 0.25) is 0 Å². The van der Waals surface area contributed by atoms with Crippen LogP contribution in [0.4, 0.5) is 5.69 Å². The van der Waals surface area contributed by atoms with E-state index in [1.807, 2.05) is 12.1 Å². The van der Waals surface area contributed by atoms with Crippen LogP contribution >= 0.6 is 11.3 Å². The number of nitrogens with zero attached hydrogens (tertiary/aromatic N) is 2. The molecule has 0 aliphatic carbocycles. The second-order valence-corrected chi connectivity index (χ2v) is 9.05. The average Bonchev–Trinajstić information content (AvgIpc) is 3.45. The van der Waals surface area contributed by atoms with Crippen LogP contribution in [0.25, 0.3) is 0 Å². The number of hydrogen-bond donors (Lipinski definition) is 1. The molecule has 0 spiro atoms. The highest BCUT2D eigenvalue weighted by Gasteiger charge is 2.21. The Bertz CT molecular complexity index is 770. The van der Waals surface area contributed by atoms with Crippen molar-refractivity contribution in [2.45, 2.75) is 32.0 Å². The topological polar surface area (TPSA) is 54.0 Å². The van der Waals surface area contributed by atoms with Crippen LogP contribution in [-0.2, 0) is 27.4 Å². The summed E-state index contributed by atoms with van der Waals surface area (Å²) >= 11 is 1.73. The van der Waals surface area contributed by atoms with Gasteiger partial charge < -0.3 is 14.8 Å². The van der Waals surface area contributed by atoms with Crippen LogP contribution in [0.3, 0.4) is 0 Å². The lowest BCUT2D eigenvalue weighted by Gasteiger charge is -2.26. The maximum atomic E-state index is 12.7. The summed E-state index contributed by atoms with van der Waals surface area (Å²) in [6.07, 6.45) is 2.42. The highest BCUT2D eigenvalue weighted by Crippen LogP contribution is 2.18. The number of anilines is 1. The maximum Gasteiger partial charge on any atom is 0.238 e. The molecule has 162 valence electrons. The third kappa shape index (κ3) is 6.62. The van der Waals surface area contributed by atoms with E-state index in [1.54, 1.807) is 11.3 Å². The van der Waals surface area contributed by atoms with Crippen molar-refractivity contribution in [1.29, 1.82) is 0 Å². The van der Waals surface area contributed by atoms with E-state index in [4.69, 9.17) is 9.47 Å². The molecule has 0 bridgehead atoms. The van der Waals surface area contributed by atoms with Gasteiger partial charge in [0.05, 0.1) is 25.9 Å². The van der Waals surface area contributed by atoms with Gasteiger partial charge in [-0.25, -0.2) is 0 Å². The van der Waals surface area contributed by atoms with Gasteiger partial charge in [-0.3, -0.25) is 14.6 Å². The van der Waals surface area contributed by atoms with Gasteiger partial charge in [-0.2, -0.15) is 0 Å². The SMILES string of the molecule is O=C(CN(Cc1cccs1)CC1CCCO1)Nc1ccc(CN2CCOCC2)cc1. The molecule has 1 N–H and O–H groups in total. The van der Waals surface area contributed by atoms with Gasteiger partial charge in [0.1, 0.15) is 0 Å². The number of nitrogens with one attached hydrogen (secondary N) is 1. The molecular weight excluding hydrogens is 398 g/mol. The van der Waals surface area contributed by atoms with Gasteiger partial charge in [0.25, 0.3) is 0 Å². The van der Waals surface area contributed by atoms with Gasteiger partial charge in [0.2, 0.25) is 5.91 Å². The zero-order valence-electron chi connectivity index (χ0n) is 17.4. The molecule has 1 amide bonds. The molecule has 2 aliphatic heterocycles. The molecule has 6 nitrogen and oxygen atoms in total. The molecule has 1 atom stereocenters. The Hall–Kier alpha value is -1.77. The van der Waals surface area contributed by atoms with Crippen LogP contribution in [0.15, 0.2) is 41.8 Å². The van der Waals surface area contributed by atoms with E-state index in [0.29, 0.717) is 6.54 Å². The molecule has 2 aliphatic rings. The average molecular weight is 430 g/mol. The Balaban J connectivity index is 1.29. The highest BCUT2D eigenvalue weighted by molar-refractivity contribution is 7.09. The summed E-state index contributed by atoms with van der Waals surface area (Å²) < 4.78 is 11.2. The van der Waals surface area contributed by atoms with Gasteiger partial charge in [-0.1, -0.05) is 18.2 Å². The smallest absolute Gasteiger partial charge is 0.238 e. The first kappa shape index (κ1) is 21.5. The highest BCUT2D eigenvalue weighted by atomic mass is 32.1. The first-order chi connectivity index (χ1) is 14.7. The summed E-state index contributed by atoms with van der Waals surface area (Å²) in [7, 11) is 0. The van der Waals surface area contributed by atoms with Crippen molar-refractivity contribution in [2.75, 3.05) is 51.3 Å². The summed E-state index contributed by atoms with van der Waals surface area (Å²) in [5.41, 5.74) is 2.10. The molecule has 1 unspecified atom stereocenters. The number of rotatable bonds is 9. The van der Waals surface area contributed by atoms with Crippen molar-refractivity contribution in [1.82, 2.24) is 9.80 Å². The summed E-state index contributed by atoms with van der Waals surface area (Å²) in [6, 6.07) is 12.4. The monoisotopic (exact) mass is 429 g/mol. The molecule has 0 radical (unpaired) electrons. The minimum atomic E-state index is 0.0190. The molecule has 7 heteroatoms. The van der Waals surface area contributed by atoms with Crippen LogP contribution < -0.4 is 5.32 Å². The van der Waals surface area contributed by atoms with E-state index in [-0.39, 0.29) is 12.0 Å². The van der Waals surface area contributed by atoms with E-state index in [9.17, 15) is 4.79 Å². The number of morpholine rings is 1. The normalized spacial score (nSPS) is 20.0. The second kappa shape index (κ2) is 11.0. The molecule has 30 heavy (non-hydrogen) atoms. The lowest BCUT2D eigenvalue weighted by molar-refractivity contribution is -0.117. The lowest BCUT2D eigenvalue weighted by Crippen LogP contribution is -2.37. The number of hydrogen-bond acceptors (Lipinski definition) is 6. The van der Waals surface area contributed by atoms with E-state index >= 15 is 0 Å². The van der Waals surface area contributed by atoms with Gasteiger partial charge in [-0.15, -0.1) is 11.3 Å². The largest absolute Gasteiger partial charge is 0.379 e. The summed E-state index contributed by atoms with van der Waals surface area (Å²) in [5, 5.41) is 5.14. The molecular formula is C23H31N3O3S. The van der Waals surface area contributed by atoms with Crippen molar-refractivity contribution >= 4 is 22.9 Å². The first-order valence-corrected chi connectivity index (χ1v) is 11.7. The van der Waals surface area contributed by atoms with Crippen LogP contribution in [0, 0.1) is 0 Å². The molecule has 2 aromatic rings. The number of carbonyl (C=O) groups excluding carboxylic acids is 1. The molecule has 1 aromatic carbocycles. The Morgan fingerprint density at radius 2 is 2.00 bits per heavy atom. The first-order valence-electron chi connectivity index (χ1n) is 10.8. The van der Waals surface area contributed by atoms with Gasteiger partial charge in [-0.05, 0) is 42.0 Å². The molecule has 0 saturated carbocycles. The Kier molecular flexibility index (Phi) is 7.88. The van der Waals surface area contributed by atoms with Gasteiger partial charge >= 0.3 is 0 Å². The zero-order valence-corrected chi connectivity index (χ0v) is 18.2. The summed E-state index contributed by atoms with van der Waals surface area (Å²) in [4.78, 5) is 18.6. The van der Waals surface area contributed by atoms with Crippen molar-refractivity contribution in [3.63, 3.8) is 0 Å². The Morgan fingerprint density at radius 1 is 1.17 bits per heavy atom. The number of carbonyl (C=O) groups is 1.